The number of benzene rings is 4. The number of hydrogen-bond donors (Lipinski definition) is 0. The number of aryl methyl sites for hydroxylation is 2. The number of unbranched alkanes of at least 4 members (excludes halogenated alkanes) is 10. The molecule has 4 aromatic carbocycles. The number of hydrogen-bond acceptors (Lipinski definition) is 4. The summed E-state index contributed by atoms with van der Waals surface area (Å²) >= 11 is 0. The normalized spacial score (nSPS) is 15.3. The second kappa shape index (κ2) is 17.4. The van der Waals surface area contributed by atoms with Gasteiger partial charge in [0.25, 0.3) is 0 Å². The molecular weight excluding hydrogens is 588 g/mol. The van der Waals surface area contributed by atoms with E-state index in [1.807, 2.05) is 38.4 Å². The topological polar surface area (TPSA) is 32.8 Å². The first kappa shape index (κ1) is 35.3. The molecule has 4 heteroatoms. The smallest absolute Gasteiger partial charge is 0.341 e. The molecule has 0 N–H and O–H groups in total. The van der Waals surface area contributed by atoms with Gasteiger partial charge >= 0.3 is 5.97 Å². The van der Waals surface area contributed by atoms with Crippen LogP contribution in [0, 0.1) is 0 Å². The van der Waals surface area contributed by atoms with Crippen molar-refractivity contribution >= 4 is 23.0 Å². The molecule has 1 unspecified atom stereocenters. The lowest BCUT2D eigenvalue weighted by Crippen LogP contribution is -2.45. The molecule has 4 aromatic rings. The predicted molar refractivity (Wildman–Crippen MR) is 203 cm³/mol. The monoisotopic (exact) mass is 644 g/mol. The molecule has 0 radical (unpaired) electrons. The van der Waals surface area contributed by atoms with E-state index in [0.717, 1.165) is 41.0 Å². The van der Waals surface area contributed by atoms with Gasteiger partial charge in [-0.1, -0.05) is 133 Å². The average molecular weight is 645 g/mol. The van der Waals surface area contributed by atoms with Crippen LogP contribution in [0.1, 0.15) is 124 Å². The van der Waals surface area contributed by atoms with Gasteiger partial charge < -0.3 is 9.64 Å². The Morgan fingerprint density at radius 2 is 1.00 bits per heavy atom. The summed E-state index contributed by atoms with van der Waals surface area (Å²) in [5, 5.41) is 0. The zero-order chi connectivity index (χ0) is 33.8. The molecule has 0 saturated heterocycles. The van der Waals surface area contributed by atoms with Gasteiger partial charge in [-0.2, -0.15) is 0 Å². The molecule has 1 heterocycles. The highest BCUT2D eigenvalue weighted by Gasteiger charge is 2.52. The number of cyclic esters (lactones) is 1. The maximum absolute atomic E-state index is 13.7. The zero-order valence-electron chi connectivity index (χ0n) is 29.8. The van der Waals surface area contributed by atoms with Crippen molar-refractivity contribution in [3.05, 3.63) is 125 Å². The minimum absolute atomic E-state index is 0.299. The summed E-state index contributed by atoms with van der Waals surface area (Å²) in [5.41, 5.74) is 6.99. The predicted octanol–water partition coefficient (Wildman–Crippen LogP) is 11.8. The molecule has 1 aliphatic rings. The van der Waals surface area contributed by atoms with E-state index >= 15 is 0 Å². The van der Waals surface area contributed by atoms with Crippen molar-refractivity contribution in [1.82, 2.24) is 0 Å². The van der Waals surface area contributed by atoms with Crippen LogP contribution in [0.15, 0.2) is 97.1 Å². The third kappa shape index (κ3) is 8.32. The third-order valence-electron chi connectivity index (χ3n) is 9.87. The number of anilines is 3. The van der Waals surface area contributed by atoms with Gasteiger partial charge in [0.1, 0.15) is 0 Å². The lowest BCUT2D eigenvalue weighted by atomic mass is 9.89. The van der Waals surface area contributed by atoms with Crippen LogP contribution in [-0.2, 0) is 23.3 Å². The Labute approximate surface area is 290 Å². The standard InChI is InChI=1S/C44H56N2O2/c1-5-7-9-11-13-15-19-35-23-29-39(30-24-35)46(40-31-25-36(26-32-40)20-16-14-12-10-8-6-2)44(37-27-33-38(34-28-37)45(3)4)42-22-18-17-21-41(42)43(47)48-44/h17-18,21-34H,5-16,19-20H2,1-4H3. The van der Waals surface area contributed by atoms with E-state index in [1.165, 1.54) is 88.2 Å². The number of carbonyl (C=O) groups is 1. The van der Waals surface area contributed by atoms with Crippen molar-refractivity contribution in [3.8, 4) is 0 Å². The first-order valence-electron chi connectivity index (χ1n) is 18.6. The third-order valence-corrected chi connectivity index (χ3v) is 9.87. The fourth-order valence-corrected chi connectivity index (χ4v) is 7.05. The Morgan fingerprint density at radius 1 is 0.542 bits per heavy atom. The first-order valence-corrected chi connectivity index (χ1v) is 18.6. The van der Waals surface area contributed by atoms with Gasteiger partial charge in [0.2, 0.25) is 5.72 Å². The number of fused-ring (bicyclic) bond motifs is 1. The van der Waals surface area contributed by atoms with Crippen molar-refractivity contribution in [2.45, 2.75) is 109 Å². The van der Waals surface area contributed by atoms with Crippen LogP contribution in [0.4, 0.5) is 17.1 Å². The van der Waals surface area contributed by atoms with Gasteiger partial charge in [-0.25, -0.2) is 4.79 Å². The Balaban J connectivity index is 1.52. The molecule has 254 valence electrons. The highest BCUT2D eigenvalue weighted by atomic mass is 16.6. The van der Waals surface area contributed by atoms with E-state index in [9.17, 15) is 4.79 Å². The molecule has 0 saturated carbocycles. The van der Waals surface area contributed by atoms with Crippen LogP contribution < -0.4 is 9.80 Å². The number of esters is 1. The lowest BCUT2D eigenvalue weighted by Gasteiger charge is -2.42. The number of nitrogens with zero attached hydrogens (tertiary/aromatic N) is 2. The molecule has 0 aliphatic carbocycles. The number of ether oxygens (including phenoxy) is 1. The van der Waals surface area contributed by atoms with Crippen LogP contribution >= 0.6 is 0 Å². The molecule has 5 rings (SSSR count). The second-order valence-electron chi connectivity index (χ2n) is 13.7. The van der Waals surface area contributed by atoms with E-state index in [4.69, 9.17) is 4.74 Å². The minimum atomic E-state index is -1.17. The van der Waals surface area contributed by atoms with Crippen LogP contribution in [0.25, 0.3) is 0 Å². The van der Waals surface area contributed by atoms with Gasteiger partial charge in [0.15, 0.2) is 0 Å². The summed E-state index contributed by atoms with van der Waals surface area (Å²) in [6, 6.07) is 34.2. The molecule has 0 aromatic heterocycles. The van der Waals surface area contributed by atoms with Gasteiger partial charge in [-0.3, -0.25) is 4.90 Å². The van der Waals surface area contributed by atoms with Crippen molar-refractivity contribution in [2.75, 3.05) is 23.9 Å². The second-order valence-corrected chi connectivity index (χ2v) is 13.7. The molecule has 4 nitrogen and oxygen atoms in total. The largest absolute Gasteiger partial charge is 0.426 e. The molecule has 0 bridgehead atoms. The SMILES string of the molecule is CCCCCCCCc1ccc(N(c2ccc(CCCCCCCC)cc2)C2(c3ccc(N(C)C)cc3)OC(=O)c3ccccc32)cc1. The highest BCUT2D eigenvalue weighted by Crippen LogP contribution is 2.50. The lowest BCUT2D eigenvalue weighted by molar-refractivity contribution is 0.0134. The summed E-state index contributed by atoms with van der Waals surface area (Å²) in [7, 11) is 4.09. The van der Waals surface area contributed by atoms with E-state index in [2.05, 4.69) is 96.4 Å². The Morgan fingerprint density at radius 3 is 1.50 bits per heavy atom. The number of carbonyl (C=O) groups excluding carboxylic acids is 1. The Bertz CT molecular complexity index is 1500. The molecular formula is C44H56N2O2. The molecule has 1 aliphatic heterocycles. The molecule has 0 spiro atoms. The summed E-state index contributed by atoms with van der Waals surface area (Å²) in [6.45, 7) is 4.54. The number of rotatable bonds is 19. The van der Waals surface area contributed by atoms with E-state index in [-0.39, 0.29) is 5.97 Å². The Kier molecular flexibility index (Phi) is 12.8. The highest BCUT2D eigenvalue weighted by molar-refractivity contribution is 5.97. The maximum Gasteiger partial charge on any atom is 0.341 e. The van der Waals surface area contributed by atoms with Crippen LogP contribution in [-0.4, -0.2) is 20.1 Å². The summed E-state index contributed by atoms with van der Waals surface area (Å²) in [4.78, 5) is 18.0. The maximum atomic E-state index is 13.7. The molecule has 0 fully saturated rings. The molecule has 1 atom stereocenters. The van der Waals surface area contributed by atoms with Crippen LogP contribution in [0.2, 0.25) is 0 Å². The van der Waals surface area contributed by atoms with E-state index in [0.29, 0.717) is 5.56 Å². The summed E-state index contributed by atoms with van der Waals surface area (Å²) in [5.74, 6) is -0.299. The summed E-state index contributed by atoms with van der Waals surface area (Å²) in [6.07, 6.45) is 17.6. The fourth-order valence-electron chi connectivity index (χ4n) is 7.05. The molecule has 0 amide bonds. The Hall–Kier alpha value is -4.05. The minimum Gasteiger partial charge on any atom is -0.426 e. The van der Waals surface area contributed by atoms with E-state index in [1.54, 1.807) is 0 Å². The van der Waals surface area contributed by atoms with Gasteiger partial charge in [0, 0.05) is 42.3 Å². The average Bonchev–Trinajstić information content (AvgIpc) is 3.41. The van der Waals surface area contributed by atoms with Gasteiger partial charge in [-0.15, -0.1) is 0 Å². The fraction of sp³-hybridized carbons (Fsp3) is 0.432. The zero-order valence-corrected chi connectivity index (χ0v) is 29.8. The molecule has 48 heavy (non-hydrogen) atoms. The quantitative estimate of drug-likeness (QED) is 0.0751. The van der Waals surface area contributed by atoms with Gasteiger partial charge in [-0.05, 0) is 79.3 Å². The van der Waals surface area contributed by atoms with E-state index < -0.39 is 5.72 Å². The van der Waals surface area contributed by atoms with Crippen molar-refractivity contribution in [3.63, 3.8) is 0 Å². The van der Waals surface area contributed by atoms with Crippen LogP contribution in [0.5, 0.6) is 0 Å². The van der Waals surface area contributed by atoms with Crippen molar-refractivity contribution in [1.29, 1.82) is 0 Å². The summed E-state index contributed by atoms with van der Waals surface area (Å²) < 4.78 is 6.63. The first-order chi connectivity index (χ1) is 23.5. The van der Waals surface area contributed by atoms with Crippen LogP contribution in [0.3, 0.4) is 0 Å². The van der Waals surface area contributed by atoms with Crippen molar-refractivity contribution in [2.24, 2.45) is 0 Å². The van der Waals surface area contributed by atoms with Gasteiger partial charge in [0.05, 0.1) is 5.56 Å². The van der Waals surface area contributed by atoms with Crippen molar-refractivity contribution < 1.29 is 9.53 Å².